The van der Waals surface area contributed by atoms with E-state index in [0.29, 0.717) is 0 Å². The highest BCUT2D eigenvalue weighted by molar-refractivity contribution is 7.23. The first-order valence-corrected chi connectivity index (χ1v) is 9.67. The van der Waals surface area contributed by atoms with Crippen LogP contribution in [0.4, 0.5) is 0 Å². The molecule has 1 aromatic carbocycles. The average Bonchev–Trinajstić information content (AvgIpc) is 2.93. The third-order valence-electron chi connectivity index (χ3n) is 3.82. The Labute approximate surface area is 156 Å². The monoisotopic (exact) mass is 390 g/mol. The third-order valence-corrected chi connectivity index (χ3v) is 4.97. The van der Waals surface area contributed by atoms with Crippen LogP contribution in [0.3, 0.4) is 0 Å². The first-order valence-electron chi connectivity index (χ1n) is 7.62. The number of pyridine rings is 2. The number of fused-ring (bicyclic) bond motifs is 3. The number of thiazole rings is 1. The summed E-state index contributed by atoms with van der Waals surface area (Å²) in [7, 11) is -4.94. The lowest BCUT2D eigenvalue weighted by Gasteiger charge is -2.17. The molecule has 4 aromatic rings. The molecule has 0 bridgehead atoms. The molecule has 4 rings (SSSR count). The quantitative estimate of drug-likeness (QED) is 0.409. The van der Waals surface area contributed by atoms with E-state index in [1.165, 1.54) is 31.9 Å². The van der Waals surface area contributed by atoms with Gasteiger partial charge in [-0.1, -0.05) is 29.5 Å². The molecule has 134 valence electrons. The van der Waals surface area contributed by atoms with Crippen molar-refractivity contribution in [1.29, 1.82) is 0 Å². The predicted octanol–water partition coefficient (Wildman–Crippen LogP) is -0.437. The van der Waals surface area contributed by atoms with E-state index >= 15 is 0 Å². The van der Waals surface area contributed by atoms with E-state index in [0.717, 1.165) is 5.69 Å². The molecular formula is C18H15ClN2O4S. The fourth-order valence-corrected chi connectivity index (χ4v) is 4.26. The van der Waals surface area contributed by atoms with Crippen molar-refractivity contribution in [2.45, 2.75) is 13.8 Å². The van der Waals surface area contributed by atoms with Gasteiger partial charge in [-0.25, -0.2) is 18.6 Å². The van der Waals surface area contributed by atoms with E-state index in [1.54, 1.807) is 0 Å². The van der Waals surface area contributed by atoms with Crippen LogP contribution in [0.15, 0.2) is 54.7 Å². The zero-order chi connectivity index (χ0) is 18.9. The Morgan fingerprint density at radius 1 is 0.962 bits per heavy atom. The largest absolute Gasteiger partial charge is 0.278 e. The second-order valence-electron chi connectivity index (χ2n) is 5.65. The molecule has 3 heterocycles. The van der Waals surface area contributed by atoms with Crippen LogP contribution in [0.25, 0.3) is 26.3 Å². The Kier molecular flexibility index (Phi) is 5.19. The molecule has 3 aromatic heterocycles. The van der Waals surface area contributed by atoms with Crippen LogP contribution in [-0.2, 0) is 0 Å². The Hall–Kier alpha value is -2.13. The molecule has 0 aliphatic rings. The third kappa shape index (κ3) is 3.99. The Bertz CT molecular complexity index is 1060. The van der Waals surface area contributed by atoms with Crippen molar-refractivity contribution < 1.29 is 33.3 Å². The van der Waals surface area contributed by atoms with Crippen molar-refractivity contribution in [2.24, 2.45) is 0 Å². The van der Waals surface area contributed by atoms with Crippen LogP contribution in [0.2, 0.25) is 0 Å². The molecule has 6 nitrogen and oxygen atoms in total. The van der Waals surface area contributed by atoms with Crippen molar-refractivity contribution in [1.82, 2.24) is 4.98 Å². The molecule has 0 fully saturated rings. The van der Waals surface area contributed by atoms with Gasteiger partial charge in [-0.2, -0.15) is 0 Å². The van der Waals surface area contributed by atoms with Crippen LogP contribution in [-0.4, -0.2) is 4.98 Å². The molecule has 0 spiro atoms. The highest BCUT2D eigenvalue weighted by atomic mass is 35.7. The first-order chi connectivity index (χ1) is 12.3. The number of benzene rings is 1. The zero-order valence-electron chi connectivity index (χ0n) is 14.0. The molecule has 0 saturated carbocycles. The Morgan fingerprint density at radius 3 is 2.27 bits per heavy atom. The number of nitrogens with zero attached hydrogens (tertiary/aromatic N) is 2. The minimum atomic E-state index is -4.94. The maximum Gasteiger partial charge on any atom is 0.278 e. The van der Waals surface area contributed by atoms with Crippen LogP contribution in [0.5, 0.6) is 0 Å². The summed E-state index contributed by atoms with van der Waals surface area (Å²) in [5.41, 5.74) is 6.09. The van der Waals surface area contributed by atoms with Gasteiger partial charge in [0.1, 0.15) is 4.70 Å². The number of para-hydroxylation sites is 1. The number of hydrogen-bond acceptors (Lipinski definition) is 6. The number of rotatable bonds is 1. The summed E-state index contributed by atoms with van der Waals surface area (Å²) in [4.78, 5) is 5.82. The van der Waals surface area contributed by atoms with Gasteiger partial charge in [0.2, 0.25) is 5.52 Å². The van der Waals surface area contributed by atoms with E-state index in [2.05, 4.69) is 59.6 Å². The summed E-state index contributed by atoms with van der Waals surface area (Å²) in [5, 5.41) is 0. The van der Waals surface area contributed by atoms with E-state index in [1.807, 2.05) is 29.7 Å². The van der Waals surface area contributed by atoms with Gasteiger partial charge >= 0.3 is 0 Å². The van der Waals surface area contributed by atoms with Gasteiger partial charge in [-0.15, -0.1) is 14.6 Å². The maximum atomic E-state index is 8.49. The van der Waals surface area contributed by atoms with Crippen LogP contribution < -0.4 is 23.0 Å². The molecular weight excluding hydrogens is 376 g/mol. The van der Waals surface area contributed by atoms with Crippen LogP contribution >= 0.6 is 11.3 Å². The Morgan fingerprint density at radius 2 is 1.62 bits per heavy atom. The number of aryl methyl sites for hydroxylation is 2. The second-order valence-corrected chi connectivity index (χ2v) is 7.43. The first kappa shape index (κ1) is 18.7. The molecule has 0 radical (unpaired) electrons. The summed E-state index contributed by atoms with van der Waals surface area (Å²) in [6.07, 6.45) is 1.86. The van der Waals surface area contributed by atoms with Gasteiger partial charge in [0.05, 0.1) is 11.3 Å². The highest BCUT2D eigenvalue weighted by Crippen LogP contribution is 2.32. The maximum absolute atomic E-state index is 8.49. The molecule has 0 atom stereocenters. The van der Waals surface area contributed by atoms with Crippen LogP contribution in [0, 0.1) is 24.1 Å². The summed E-state index contributed by atoms with van der Waals surface area (Å²) in [6, 6.07) is 16.9. The lowest BCUT2D eigenvalue weighted by Crippen LogP contribution is -2.68. The van der Waals surface area contributed by atoms with E-state index < -0.39 is 10.2 Å². The lowest BCUT2D eigenvalue weighted by atomic mass is 10.1. The number of hydrogen-bond donors (Lipinski definition) is 0. The molecule has 0 aliphatic carbocycles. The standard InChI is InChI=1S/C18H15N2S.ClHO4/c1-12-11-13(2)20-15-8-3-4-9-16(15)21-18(20)17(12)14-7-5-6-10-19-14;2-1(3,4)5/h3-11H,1-2H3;(H,2,3,4,5)/q+1;/p-1. The zero-order valence-corrected chi connectivity index (χ0v) is 15.6. The minimum absolute atomic E-state index is 1.04. The minimum Gasteiger partial charge on any atom is -0.256 e. The number of aromatic nitrogens is 2. The van der Waals surface area contributed by atoms with Gasteiger partial charge in [-0.3, -0.25) is 4.98 Å². The fourth-order valence-electron chi connectivity index (χ4n) is 2.94. The van der Waals surface area contributed by atoms with Crippen molar-refractivity contribution in [3.8, 4) is 11.3 Å². The van der Waals surface area contributed by atoms with E-state index in [-0.39, 0.29) is 0 Å². The van der Waals surface area contributed by atoms with Crippen molar-refractivity contribution in [3.63, 3.8) is 0 Å². The lowest BCUT2D eigenvalue weighted by molar-refractivity contribution is -2.00. The average molecular weight is 391 g/mol. The highest BCUT2D eigenvalue weighted by Gasteiger charge is 2.23. The normalized spacial score (nSPS) is 11.5. The van der Waals surface area contributed by atoms with Gasteiger partial charge in [0, 0.05) is 25.3 Å². The Balaban J connectivity index is 0.000000349. The van der Waals surface area contributed by atoms with Crippen molar-refractivity contribution in [2.75, 3.05) is 0 Å². The summed E-state index contributed by atoms with van der Waals surface area (Å²) in [5.74, 6) is 0. The van der Waals surface area contributed by atoms with Gasteiger partial charge in [0.15, 0.2) is 5.69 Å². The summed E-state index contributed by atoms with van der Waals surface area (Å²) in [6.45, 7) is 4.34. The number of halogens is 1. The second kappa shape index (κ2) is 7.24. The topological polar surface area (TPSA) is 109 Å². The van der Waals surface area contributed by atoms with Gasteiger partial charge in [-0.05, 0) is 30.7 Å². The van der Waals surface area contributed by atoms with Gasteiger partial charge < -0.3 is 0 Å². The molecule has 26 heavy (non-hydrogen) atoms. The predicted molar refractivity (Wildman–Crippen MR) is 87.7 cm³/mol. The van der Waals surface area contributed by atoms with E-state index in [4.69, 9.17) is 18.6 Å². The SMILES string of the molecule is Cc1cc(C)[n+]2c(sc3ccccc32)c1-c1ccccn1.[O-][Cl+3]([O-])([O-])[O-]. The van der Waals surface area contributed by atoms with Crippen molar-refractivity contribution >= 4 is 26.4 Å². The smallest absolute Gasteiger partial charge is 0.256 e. The summed E-state index contributed by atoms with van der Waals surface area (Å²) >= 11 is 1.83. The van der Waals surface area contributed by atoms with E-state index in [9.17, 15) is 0 Å². The summed E-state index contributed by atoms with van der Waals surface area (Å²) < 4.78 is 37.6. The van der Waals surface area contributed by atoms with Crippen molar-refractivity contribution in [3.05, 3.63) is 66.0 Å². The molecule has 0 saturated heterocycles. The molecule has 0 amide bonds. The van der Waals surface area contributed by atoms with Crippen LogP contribution in [0.1, 0.15) is 11.3 Å². The van der Waals surface area contributed by atoms with Gasteiger partial charge in [0.25, 0.3) is 4.83 Å². The molecule has 0 unspecified atom stereocenters. The fraction of sp³-hybridized carbons (Fsp3) is 0.111. The molecule has 0 N–H and O–H groups in total. The molecule has 8 heteroatoms. The molecule has 0 aliphatic heterocycles.